The van der Waals surface area contributed by atoms with Crippen LogP contribution in [0.4, 0.5) is 5.69 Å². The van der Waals surface area contributed by atoms with Gasteiger partial charge in [0, 0.05) is 32.0 Å². The van der Waals surface area contributed by atoms with E-state index >= 15 is 0 Å². The third-order valence-electron chi connectivity index (χ3n) is 5.11. The molecule has 0 radical (unpaired) electrons. The normalized spacial score (nSPS) is 19.7. The van der Waals surface area contributed by atoms with E-state index in [0.29, 0.717) is 25.4 Å². The van der Waals surface area contributed by atoms with Crippen molar-refractivity contribution < 1.29 is 22.7 Å². The molecule has 8 nitrogen and oxygen atoms in total. The lowest BCUT2D eigenvalue weighted by molar-refractivity contribution is -0.136. The molecule has 2 amide bonds. The summed E-state index contributed by atoms with van der Waals surface area (Å²) >= 11 is 0. The van der Waals surface area contributed by atoms with Gasteiger partial charge >= 0.3 is 0 Å². The summed E-state index contributed by atoms with van der Waals surface area (Å²) in [5.74, 6) is 0.471. The Bertz CT molecular complexity index is 827. The Balaban J connectivity index is 1.57. The van der Waals surface area contributed by atoms with Gasteiger partial charge in [-0.25, -0.2) is 13.1 Å². The van der Waals surface area contributed by atoms with Gasteiger partial charge in [-0.05, 0) is 31.4 Å². The van der Waals surface area contributed by atoms with Crippen LogP contribution in [0.5, 0.6) is 5.75 Å². The SMILES string of the molecule is CS(=O)(=O)NCC1CCCCN1C(=O)CCC(=O)N1CCOc2ccccc21. The predicted octanol–water partition coefficient (Wildman–Crippen LogP) is 1.12. The number of hydrogen-bond donors (Lipinski definition) is 1. The topological polar surface area (TPSA) is 96.0 Å². The zero-order valence-electron chi connectivity index (χ0n) is 16.1. The fourth-order valence-corrected chi connectivity index (χ4v) is 4.20. The number of benzene rings is 1. The largest absolute Gasteiger partial charge is 0.490 e. The van der Waals surface area contributed by atoms with Crippen molar-refractivity contribution >= 4 is 27.5 Å². The van der Waals surface area contributed by atoms with E-state index in [2.05, 4.69) is 4.72 Å². The van der Waals surface area contributed by atoms with Crippen LogP contribution in [0.3, 0.4) is 0 Å². The lowest BCUT2D eigenvalue weighted by Gasteiger charge is -2.36. The number of fused-ring (bicyclic) bond motifs is 1. The van der Waals surface area contributed by atoms with Crippen molar-refractivity contribution in [2.24, 2.45) is 0 Å². The molecule has 1 N–H and O–H groups in total. The molecular weight excluding hydrogens is 382 g/mol. The Morgan fingerprint density at radius 1 is 1.14 bits per heavy atom. The summed E-state index contributed by atoms with van der Waals surface area (Å²) in [7, 11) is -3.30. The van der Waals surface area contributed by atoms with E-state index in [0.717, 1.165) is 31.2 Å². The standard InChI is InChI=1S/C19H27N3O5S/c1-28(25,26)20-14-15-6-4-5-11-21(15)18(23)9-10-19(24)22-12-13-27-17-8-3-2-7-16(17)22/h2-3,7-8,15,20H,4-6,9-14H2,1H3. The van der Waals surface area contributed by atoms with Gasteiger partial charge in [0.05, 0.1) is 18.5 Å². The van der Waals surface area contributed by atoms with E-state index in [9.17, 15) is 18.0 Å². The number of ether oxygens (including phenoxy) is 1. The van der Waals surface area contributed by atoms with Crippen molar-refractivity contribution in [3.05, 3.63) is 24.3 Å². The molecule has 2 aliphatic heterocycles. The molecule has 0 aromatic heterocycles. The van der Waals surface area contributed by atoms with Crippen LogP contribution in [-0.2, 0) is 19.6 Å². The van der Waals surface area contributed by atoms with Gasteiger partial charge in [-0.2, -0.15) is 0 Å². The maximum Gasteiger partial charge on any atom is 0.227 e. The molecule has 3 rings (SSSR count). The molecule has 1 unspecified atom stereocenters. The second-order valence-corrected chi connectivity index (χ2v) is 9.05. The maximum atomic E-state index is 12.7. The first-order valence-corrected chi connectivity index (χ1v) is 11.5. The first kappa shape index (κ1) is 20.6. The van der Waals surface area contributed by atoms with Crippen molar-refractivity contribution in [1.29, 1.82) is 0 Å². The number of sulfonamides is 1. The lowest BCUT2D eigenvalue weighted by atomic mass is 10.0. The van der Waals surface area contributed by atoms with Crippen LogP contribution in [0, 0.1) is 0 Å². The summed E-state index contributed by atoms with van der Waals surface area (Å²) in [6.07, 6.45) is 3.97. The molecule has 1 saturated heterocycles. The van der Waals surface area contributed by atoms with E-state index in [1.54, 1.807) is 9.80 Å². The summed E-state index contributed by atoms with van der Waals surface area (Å²) in [6.45, 7) is 1.72. The zero-order valence-corrected chi connectivity index (χ0v) is 16.9. The van der Waals surface area contributed by atoms with E-state index in [1.165, 1.54) is 0 Å². The molecule has 9 heteroatoms. The number of carbonyl (C=O) groups excluding carboxylic acids is 2. The number of likely N-dealkylation sites (tertiary alicyclic amines) is 1. The second kappa shape index (κ2) is 8.91. The predicted molar refractivity (Wildman–Crippen MR) is 106 cm³/mol. The van der Waals surface area contributed by atoms with Gasteiger partial charge in [-0.1, -0.05) is 12.1 Å². The van der Waals surface area contributed by atoms with Crippen LogP contribution in [0.2, 0.25) is 0 Å². The Hall–Kier alpha value is -2.13. The van der Waals surface area contributed by atoms with Crippen LogP contribution < -0.4 is 14.4 Å². The van der Waals surface area contributed by atoms with Crippen molar-refractivity contribution in [2.45, 2.75) is 38.1 Å². The number of nitrogens with zero attached hydrogens (tertiary/aromatic N) is 2. The molecule has 28 heavy (non-hydrogen) atoms. The van der Waals surface area contributed by atoms with Crippen molar-refractivity contribution in [1.82, 2.24) is 9.62 Å². The Labute approximate surface area is 165 Å². The highest BCUT2D eigenvalue weighted by Gasteiger charge is 2.29. The Morgan fingerprint density at radius 3 is 2.68 bits per heavy atom. The minimum atomic E-state index is -3.30. The highest BCUT2D eigenvalue weighted by Crippen LogP contribution is 2.31. The number of anilines is 1. The van der Waals surface area contributed by atoms with E-state index < -0.39 is 10.0 Å². The highest BCUT2D eigenvalue weighted by molar-refractivity contribution is 7.88. The average Bonchev–Trinajstić information content (AvgIpc) is 2.69. The minimum Gasteiger partial charge on any atom is -0.490 e. The van der Waals surface area contributed by atoms with Crippen LogP contribution >= 0.6 is 0 Å². The summed E-state index contributed by atoms with van der Waals surface area (Å²) in [4.78, 5) is 28.8. The number of rotatable bonds is 6. The lowest BCUT2D eigenvalue weighted by Crippen LogP contribution is -2.49. The molecule has 1 atom stereocenters. The molecule has 1 aromatic rings. The van der Waals surface area contributed by atoms with Crippen LogP contribution in [-0.4, -0.2) is 63.7 Å². The van der Waals surface area contributed by atoms with Gasteiger partial charge in [-0.3, -0.25) is 9.59 Å². The fraction of sp³-hybridized carbons (Fsp3) is 0.579. The van der Waals surface area contributed by atoms with Crippen LogP contribution in [0.25, 0.3) is 0 Å². The third-order valence-corrected chi connectivity index (χ3v) is 5.80. The smallest absolute Gasteiger partial charge is 0.227 e. The zero-order chi connectivity index (χ0) is 20.1. The summed E-state index contributed by atoms with van der Waals surface area (Å²) in [6, 6.07) is 7.22. The van der Waals surface area contributed by atoms with Gasteiger partial charge in [0.2, 0.25) is 21.8 Å². The molecule has 0 saturated carbocycles. The van der Waals surface area contributed by atoms with Crippen molar-refractivity contribution in [3.63, 3.8) is 0 Å². The van der Waals surface area contributed by atoms with Gasteiger partial charge in [0.1, 0.15) is 12.4 Å². The summed E-state index contributed by atoms with van der Waals surface area (Å²) in [5.41, 5.74) is 0.736. The molecule has 1 aromatic carbocycles. The van der Waals surface area contributed by atoms with Crippen LogP contribution in [0.15, 0.2) is 24.3 Å². The van der Waals surface area contributed by atoms with Gasteiger partial charge in [-0.15, -0.1) is 0 Å². The van der Waals surface area contributed by atoms with Crippen molar-refractivity contribution in [3.8, 4) is 5.75 Å². The minimum absolute atomic E-state index is 0.102. The second-order valence-electron chi connectivity index (χ2n) is 7.22. The quantitative estimate of drug-likeness (QED) is 0.760. The monoisotopic (exact) mass is 409 g/mol. The Morgan fingerprint density at radius 2 is 1.89 bits per heavy atom. The van der Waals surface area contributed by atoms with E-state index in [1.807, 2.05) is 24.3 Å². The van der Waals surface area contributed by atoms with Gasteiger partial charge in [0.25, 0.3) is 0 Å². The number of para-hydroxylation sites is 2. The molecule has 2 heterocycles. The molecule has 2 aliphatic rings. The fourth-order valence-electron chi connectivity index (χ4n) is 3.71. The first-order valence-electron chi connectivity index (χ1n) is 9.61. The molecule has 1 fully saturated rings. The number of hydrogen-bond acceptors (Lipinski definition) is 5. The molecule has 0 spiro atoms. The number of amides is 2. The van der Waals surface area contributed by atoms with E-state index in [-0.39, 0.29) is 37.2 Å². The maximum absolute atomic E-state index is 12.7. The highest BCUT2D eigenvalue weighted by atomic mass is 32.2. The molecule has 0 aliphatic carbocycles. The molecule has 154 valence electrons. The summed E-state index contributed by atoms with van der Waals surface area (Å²) in [5, 5.41) is 0. The average molecular weight is 410 g/mol. The number of piperidine rings is 1. The molecular formula is C19H27N3O5S. The van der Waals surface area contributed by atoms with Gasteiger partial charge < -0.3 is 14.5 Å². The van der Waals surface area contributed by atoms with Crippen molar-refractivity contribution in [2.75, 3.05) is 37.4 Å². The number of carbonyl (C=O) groups is 2. The summed E-state index contributed by atoms with van der Waals surface area (Å²) < 4.78 is 30.8. The third kappa shape index (κ3) is 5.23. The van der Waals surface area contributed by atoms with Gasteiger partial charge in [0.15, 0.2) is 0 Å². The van der Waals surface area contributed by atoms with Crippen LogP contribution in [0.1, 0.15) is 32.1 Å². The first-order chi connectivity index (χ1) is 13.3. The van der Waals surface area contributed by atoms with E-state index in [4.69, 9.17) is 4.74 Å². The number of nitrogens with one attached hydrogen (secondary N) is 1. The molecule has 0 bridgehead atoms. The Kier molecular flexibility index (Phi) is 6.56.